The molecule has 2 rings (SSSR count). The Morgan fingerprint density at radius 3 is 2.64 bits per heavy atom. The largest absolute Gasteiger partial charge is 0.349 e. The summed E-state index contributed by atoms with van der Waals surface area (Å²) >= 11 is 0. The Labute approximate surface area is 130 Å². The molecule has 0 aromatic carbocycles. The summed E-state index contributed by atoms with van der Waals surface area (Å²) in [6.07, 6.45) is 6.04. The lowest BCUT2D eigenvalue weighted by atomic mass is 10.2. The Balaban J connectivity index is 2.00. The molecular formula is C16H21N5O. The number of pyridine rings is 1. The van der Waals surface area contributed by atoms with Gasteiger partial charge in [-0.3, -0.25) is 9.78 Å². The molecule has 1 amide bonds. The van der Waals surface area contributed by atoms with Crippen LogP contribution >= 0.6 is 0 Å². The van der Waals surface area contributed by atoms with E-state index in [2.05, 4.69) is 20.3 Å². The van der Waals surface area contributed by atoms with E-state index in [0.29, 0.717) is 11.6 Å². The normalized spacial score (nSPS) is 10.5. The highest BCUT2D eigenvalue weighted by atomic mass is 16.1. The average Bonchev–Trinajstić information content (AvgIpc) is 2.53. The first kappa shape index (κ1) is 15.9. The van der Waals surface area contributed by atoms with Crippen molar-refractivity contribution >= 4 is 11.9 Å². The van der Waals surface area contributed by atoms with E-state index < -0.39 is 0 Å². The molecule has 0 aliphatic heterocycles. The first-order chi connectivity index (χ1) is 10.6. The summed E-state index contributed by atoms with van der Waals surface area (Å²) in [6, 6.07) is 5.68. The molecule has 0 saturated carbocycles. The quantitative estimate of drug-likeness (QED) is 0.879. The molecule has 0 saturated heterocycles. The number of rotatable bonds is 6. The molecule has 6 nitrogen and oxygen atoms in total. The van der Waals surface area contributed by atoms with Gasteiger partial charge in [0.2, 0.25) is 5.95 Å². The van der Waals surface area contributed by atoms with Crippen molar-refractivity contribution in [3.8, 4) is 0 Å². The van der Waals surface area contributed by atoms with Crippen LogP contribution < -0.4 is 10.2 Å². The maximum absolute atomic E-state index is 12.0. The number of carbonyl (C=O) groups is 1. The molecule has 0 radical (unpaired) electrons. The van der Waals surface area contributed by atoms with Gasteiger partial charge in [0.1, 0.15) is 5.69 Å². The van der Waals surface area contributed by atoms with Crippen molar-refractivity contribution in [2.45, 2.75) is 26.3 Å². The highest BCUT2D eigenvalue weighted by molar-refractivity contribution is 5.92. The molecule has 0 bridgehead atoms. The Hall–Kier alpha value is -2.50. The highest BCUT2D eigenvalue weighted by Gasteiger charge is 2.11. The molecule has 2 aromatic rings. The molecule has 0 aliphatic rings. The second-order valence-corrected chi connectivity index (χ2v) is 5.40. The van der Waals surface area contributed by atoms with Gasteiger partial charge in [-0.1, -0.05) is 0 Å². The van der Waals surface area contributed by atoms with Crippen LogP contribution in [0.4, 0.5) is 5.95 Å². The Bertz CT molecular complexity index is 615. The van der Waals surface area contributed by atoms with E-state index in [4.69, 9.17) is 0 Å². The molecule has 1 N–H and O–H groups in total. The fourth-order valence-electron chi connectivity index (χ4n) is 1.94. The summed E-state index contributed by atoms with van der Waals surface area (Å²) < 4.78 is 0. The van der Waals surface area contributed by atoms with Crippen molar-refractivity contribution < 1.29 is 4.79 Å². The fourth-order valence-corrected chi connectivity index (χ4v) is 1.94. The van der Waals surface area contributed by atoms with E-state index in [1.54, 1.807) is 24.7 Å². The minimum atomic E-state index is -0.179. The van der Waals surface area contributed by atoms with Crippen molar-refractivity contribution in [2.24, 2.45) is 0 Å². The summed E-state index contributed by atoms with van der Waals surface area (Å²) in [6.45, 7) is 4.60. The van der Waals surface area contributed by atoms with Gasteiger partial charge >= 0.3 is 0 Å². The number of carbonyl (C=O) groups excluding carboxylic acids is 1. The number of hydrogen-bond donors (Lipinski definition) is 1. The maximum Gasteiger partial charge on any atom is 0.270 e. The van der Waals surface area contributed by atoms with Gasteiger partial charge in [-0.2, -0.15) is 0 Å². The SMILES string of the molecule is CC(C)NC(=O)c1ccnc(N(C)CCc2ccncc2)n1. The molecule has 22 heavy (non-hydrogen) atoms. The minimum Gasteiger partial charge on any atom is -0.349 e. The predicted octanol–water partition coefficient (Wildman–Crippen LogP) is 1.69. The van der Waals surface area contributed by atoms with Crippen LogP contribution in [0.25, 0.3) is 0 Å². The molecule has 0 fully saturated rings. The molecule has 2 heterocycles. The zero-order valence-corrected chi connectivity index (χ0v) is 13.2. The number of hydrogen-bond acceptors (Lipinski definition) is 5. The lowest BCUT2D eigenvalue weighted by Crippen LogP contribution is -2.31. The standard InChI is InChI=1S/C16H21N5O/c1-12(2)19-15(22)14-6-10-18-16(20-14)21(3)11-7-13-4-8-17-9-5-13/h4-6,8-10,12H,7,11H2,1-3H3,(H,19,22). The van der Waals surface area contributed by atoms with Gasteiger partial charge in [0.15, 0.2) is 0 Å². The van der Waals surface area contributed by atoms with E-state index in [0.717, 1.165) is 13.0 Å². The van der Waals surface area contributed by atoms with Crippen molar-refractivity contribution in [3.05, 3.63) is 48.0 Å². The third kappa shape index (κ3) is 4.51. The second-order valence-electron chi connectivity index (χ2n) is 5.40. The average molecular weight is 299 g/mol. The zero-order chi connectivity index (χ0) is 15.9. The van der Waals surface area contributed by atoms with Crippen LogP contribution in [0, 0.1) is 0 Å². The second kappa shape index (κ2) is 7.49. The van der Waals surface area contributed by atoms with Gasteiger partial charge in [-0.25, -0.2) is 9.97 Å². The monoisotopic (exact) mass is 299 g/mol. The van der Waals surface area contributed by atoms with E-state index in [1.807, 2.05) is 37.9 Å². The van der Waals surface area contributed by atoms with Crippen molar-refractivity contribution in [1.82, 2.24) is 20.3 Å². The Morgan fingerprint density at radius 1 is 1.23 bits per heavy atom. The third-order valence-electron chi connectivity index (χ3n) is 3.12. The van der Waals surface area contributed by atoms with Crippen LogP contribution in [-0.2, 0) is 6.42 Å². The number of aromatic nitrogens is 3. The Kier molecular flexibility index (Phi) is 5.41. The third-order valence-corrected chi connectivity index (χ3v) is 3.12. The molecule has 116 valence electrons. The van der Waals surface area contributed by atoms with Gasteiger partial charge in [-0.05, 0) is 44.0 Å². The maximum atomic E-state index is 12.0. The summed E-state index contributed by atoms with van der Waals surface area (Å²) in [7, 11) is 1.92. The van der Waals surface area contributed by atoms with E-state index in [9.17, 15) is 4.79 Å². The van der Waals surface area contributed by atoms with Crippen molar-refractivity contribution in [3.63, 3.8) is 0 Å². The van der Waals surface area contributed by atoms with Gasteiger partial charge in [-0.15, -0.1) is 0 Å². The predicted molar refractivity (Wildman–Crippen MR) is 85.8 cm³/mol. The summed E-state index contributed by atoms with van der Waals surface area (Å²) in [5, 5.41) is 2.83. The number of nitrogens with one attached hydrogen (secondary N) is 1. The van der Waals surface area contributed by atoms with Gasteiger partial charge in [0.25, 0.3) is 5.91 Å². The first-order valence-electron chi connectivity index (χ1n) is 7.30. The highest BCUT2D eigenvalue weighted by Crippen LogP contribution is 2.07. The Morgan fingerprint density at radius 2 is 1.95 bits per heavy atom. The van der Waals surface area contributed by atoms with Crippen LogP contribution in [-0.4, -0.2) is 40.5 Å². The molecular weight excluding hydrogens is 278 g/mol. The molecule has 0 spiro atoms. The molecule has 0 unspecified atom stereocenters. The topological polar surface area (TPSA) is 71.0 Å². The first-order valence-corrected chi connectivity index (χ1v) is 7.30. The smallest absolute Gasteiger partial charge is 0.270 e. The summed E-state index contributed by atoms with van der Waals surface area (Å²) in [5.74, 6) is 0.367. The van der Waals surface area contributed by atoms with Gasteiger partial charge < -0.3 is 10.2 Å². The van der Waals surface area contributed by atoms with Crippen LogP contribution in [0.2, 0.25) is 0 Å². The van der Waals surface area contributed by atoms with E-state index in [-0.39, 0.29) is 11.9 Å². The van der Waals surface area contributed by atoms with E-state index in [1.165, 1.54) is 5.56 Å². The number of likely N-dealkylation sites (N-methyl/N-ethyl adjacent to an activating group) is 1. The van der Waals surface area contributed by atoms with Crippen LogP contribution in [0.15, 0.2) is 36.8 Å². The lowest BCUT2D eigenvalue weighted by molar-refractivity contribution is 0.0938. The summed E-state index contributed by atoms with van der Waals surface area (Å²) in [4.78, 5) is 26.5. The zero-order valence-electron chi connectivity index (χ0n) is 13.2. The molecule has 0 aliphatic carbocycles. The lowest BCUT2D eigenvalue weighted by Gasteiger charge is -2.17. The molecule has 6 heteroatoms. The fraction of sp³-hybridized carbons (Fsp3) is 0.375. The number of anilines is 1. The van der Waals surface area contributed by atoms with Crippen LogP contribution in [0.1, 0.15) is 29.9 Å². The number of amides is 1. The van der Waals surface area contributed by atoms with Crippen LogP contribution in [0.5, 0.6) is 0 Å². The van der Waals surface area contributed by atoms with Crippen molar-refractivity contribution in [1.29, 1.82) is 0 Å². The summed E-state index contributed by atoms with van der Waals surface area (Å²) in [5.41, 5.74) is 1.59. The van der Waals surface area contributed by atoms with E-state index >= 15 is 0 Å². The van der Waals surface area contributed by atoms with Gasteiger partial charge in [0, 0.05) is 38.2 Å². The molecule has 2 aromatic heterocycles. The van der Waals surface area contributed by atoms with Gasteiger partial charge in [0.05, 0.1) is 0 Å². The van der Waals surface area contributed by atoms with Crippen molar-refractivity contribution in [2.75, 3.05) is 18.5 Å². The van der Waals surface area contributed by atoms with Crippen LogP contribution in [0.3, 0.4) is 0 Å². The number of nitrogens with zero attached hydrogens (tertiary/aromatic N) is 4. The minimum absolute atomic E-state index is 0.0790. The molecule has 0 atom stereocenters.